The highest BCUT2D eigenvalue weighted by atomic mass is 19.1. The zero-order chi connectivity index (χ0) is 14.0. The van der Waals surface area contributed by atoms with Gasteiger partial charge in [-0.05, 0) is 18.1 Å². The molecule has 1 heterocycles. The van der Waals surface area contributed by atoms with Crippen molar-refractivity contribution < 1.29 is 8.78 Å². The number of benzene rings is 1. The van der Waals surface area contributed by atoms with E-state index in [1.54, 1.807) is 13.2 Å². The van der Waals surface area contributed by atoms with Crippen LogP contribution in [0.5, 0.6) is 0 Å². The summed E-state index contributed by atoms with van der Waals surface area (Å²) in [5.74, 6) is 4.70. The lowest BCUT2D eigenvalue weighted by Gasteiger charge is -2.16. The number of rotatable bonds is 4. The Morgan fingerprint density at radius 3 is 2.68 bits per heavy atom. The third kappa shape index (κ3) is 2.72. The van der Waals surface area contributed by atoms with E-state index in [1.807, 2.05) is 0 Å². The maximum atomic E-state index is 13.6. The van der Waals surface area contributed by atoms with Crippen LogP contribution in [-0.2, 0) is 13.5 Å². The highest BCUT2D eigenvalue weighted by Gasteiger charge is 2.18. The highest BCUT2D eigenvalue weighted by Crippen LogP contribution is 2.24. The van der Waals surface area contributed by atoms with Crippen LogP contribution < -0.4 is 17.0 Å². The Hall–Kier alpha value is -1.99. The van der Waals surface area contributed by atoms with E-state index in [-0.39, 0.29) is 6.42 Å². The van der Waals surface area contributed by atoms with E-state index in [0.29, 0.717) is 16.9 Å². The molecule has 0 amide bonds. The number of aromatic nitrogens is 2. The van der Waals surface area contributed by atoms with Crippen molar-refractivity contribution in [1.82, 2.24) is 15.2 Å². The molecule has 19 heavy (non-hydrogen) atoms. The third-order valence-corrected chi connectivity index (χ3v) is 3.03. The Labute approximate surface area is 109 Å². The molecule has 0 aliphatic rings. The maximum Gasteiger partial charge on any atom is 0.129 e. The van der Waals surface area contributed by atoms with Crippen LogP contribution in [0.25, 0.3) is 0 Å². The minimum Gasteiger partial charge on any atom is -0.384 e. The maximum absolute atomic E-state index is 13.6. The molecule has 0 bridgehead atoms. The van der Waals surface area contributed by atoms with Crippen LogP contribution in [0.2, 0.25) is 0 Å². The zero-order valence-electron chi connectivity index (χ0n) is 10.4. The molecule has 0 saturated carbocycles. The average molecular weight is 267 g/mol. The van der Waals surface area contributed by atoms with Crippen LogP contribution in [-0.4, -0.2) is 9.78 Å². The van der Waals surface area contributed by atoms with E-state index in [2.05, 4.69) is 10.5 Å². The molecule has 0 aliphatic heterocycles. The van der Waals surface area contributed by atoms with Crippen molar-refractivity contribution in [2.45, 2.75) is 12.5 Å². The average Bonchev–Trinajstić information content (AvgIpc) is 2.70. The third-order valence-electron chi connectivity index (χ3n) is 3.03. The number of hydrazine groups is 1. The lowest BCUT2D eigenvalue weighted by molar-refractivity contribution is 0.522. The molecule has 1 atom stereocenters. The molecule has 2 rings (SSSR count). The second-order valence-electron chi connectivity index (χ2n) is 4.27. The van der Waals surface area contributed by atoms with Crippen molar-refractivity contribution >= 4 is 5.82 Å². The van der Waals surface area contributed by atoms with Gasteiger partial charge in [-0.1, -0.05) is 6.07 Å². The number of nitrogens with two attached hydrogens (primary N) is 2. The van der Waals surface area contributed by atoms with Crippen molar-refractivity contribution in [3.8, 4) is 0 Å². The van der Waals surface area contributed by atoms with E-state index in [0.717, 1.165) is 6.07 Å². The minimum absolute atomic E-state index is 0.249. The smallest absolute Gasteiger partial charge is 0.129 e. The predicted molar refractivity (Wildman–Crippen MR) is 67.7 cm³/mol. The number of aryl methyl sites for hydroxylation is 1. The summed E-state index contributed by atoms with van der Waals surface area (Å²) in [4.78, 5) is 0. The second kappa shape index (κ2) is 5.33. The Balaban J connectivity index is 2.26. The lowest BCUT2D eigenvalue weighted by atomic mass is 10.0. The molecule has 1 aromatic carbocycles. The molecule has 0 saturated heterocycles. The molecule has 0 fully saturated rings. The Morgan fingerprint density at radius 2 is 2.16 bits per heavy atom. The van der Waals surface area contributed by atoms with Crippen molar-refractivity contribution in [2.24, 2.45) is 12.9 Å². The van der Waals surface area contributed by atoms with Crippen LogP contribution in [0.3, 0.4) is 0 Å². The Morgan fingerprint density at radius 1 is 1.42 bits per heavy atom. The fourth-order valence-electron chi connectivity index (χ4n) is 1.90. The molecule has 2 aromatic rings. The van der Waals surface area contributed by atoms with Gasteiger partial charge in [0.15, 0.2) is 0 Å². The van der Waals surface area contributed by atoms with Crippen molar-refractivity contribution in [3.05, 3.63) is 47.2 Å². The molecule has 102 valence electrons. The number of nitrogens with zero attached hydrogens (tertiary/aromatic N) is 2. The quantitative estimate of drug-likeness (QED) is 0.571. The summed E-state index contributed by atoms with van der Waals surface area (Å²) in [6.07, 6.45) is 1.82. The van der Waals surface area contributed by atoms with Gasteiger partial charge in [-0.15, -0.1) is 0 Å². The largest absolute Gasteiger partial charge is 0.384 e. The second-order valence-corrected chi connectivity index (χ2v) is 4.27. The molecule has 0 aliphatic carbocycles. The molecule has 7 heteroatoms. The summed E-state index contributed by atoms with van der Waals surface area (Å²) in [6.45, 7) is 0. The number of hydrogen-bond donors (Lipinski definition) is 3. The first kappa shape index (κ1) is 13.4. The van der Waals surface area contributed by atoms with Gasteiger partial charge < -0.3 is 5.73 Å². The molecule has 1 aromatic heterocycles. The monoisotopic (exact) mass is 267 g/mol. The van der Waals surface area contributed by atoms with Crippen LogP contribution in [0.15, 0.2) is 24.4 Å². The van der Waals surface area contributed by atoms with Crippen molar-refractivity contribution in [2.75, 3.05) is 5.73 Å². The topological polar surface area (TPSA) is 81.9 Å². The van der Waals surface area contributed by atoms with Crippen molar-refractivity contribution in [1.29, 1.82) is 0 Å². The summed E-state index contributed by atoms with van der Waals surface area (Å²) >= 11 is 0. The summed E-state index contributed by atoms with van der Waals surface area (Å²) in [5, 5.41) is 4.01. The van der Waals surface area contributed by atoms with Gasteiger partial charge in [0.1, 0.15) is 17.5 Å². The van der Waals surface area contributed by atoms with Crippen LogP contribution in [0, 0.1) is 11.6 Å². The Bertz CT molecular complexity index is 581. The fourth-order valence-corrected chi connectivity index (χ4v) is 1.90. The van der Waals surface area contributed by atoms with Crippen LogP contribution >= 0.6 is 0 Å². The van der Waals surface area contributed by atoms with E-state index < -0.39 is 17.7 Å². The SMILES string of the molecule is Cn1ncc(C(Cc2ccc(F)cc2F)NN)c1N. The molecule has 5 nitrogen and oxygen atoms in total. The van der Waals surface area contributed by atoms with Crippen molar-refractivity contribution in [3.63, 3.8) is 0 Å². The first-order valence-electron chi connectivity index (χ1n) is 5.70. The summed E-state index contributed by atoms with van der Waals surface area (Å²) in [6, 6.07) is 3.05. The zero-order valence-corrected chi connectivity index (χ0v) is 10.4. The van der Waals surface area contributed by atoms with E-state index in [4.69, 9.17) is 11.6 Å². The number of anilines is 1. The minimum atomic E-state index is -0.612. The van der Waals surface area contributed by atoms with Gasteiger partial charge in [0, 0.05) is 18.7 Å². The van der Waals surface area contributed by atoms with E-state index in [9.17, 15) is 8.78 Å². The van der Waals surface area contributed by atoms with Gasteiger partial charge in [-0.25, -0.2) is 8.78 Å². The van der Waals surface area contributed by atoms with Crippen LogP contribution in [0.4, 0.5) is 14.6 Å². The predicted octanol–water partition coefficient (Wildman–Crippen LogP) is 1.03. The number of halogens is 2. The standard InChI is InChI=1S/C12H15F2N5/c1-19-12(15)9(6-17-19)11(18-16)4-7-2-3-8(13)5-10(7)14/h2-3,5-6,11,18H,4,15-16H2,1H3. The number of nitrogen functional groups attached to an aromatic ring is 1. The number of nitrogens with one attached hydrogen (secondary N) is 1. The first-order chi connectivity index (χ1) is 9.02. The molecule has 0 spiro atoms. The summed E-state index contributed by atoms with van der Waals surface area (Å²) < 4.78 is 28.0. The molecular formula is C12H15F2N5. The normalized spacial score (nSPS) is 12.6. The van der Waals surface area contributed by atoms with Gasteiger partial charge in [-0.2, -0.15) is 5.10 Å². The van der Waals surface area contributed by atoms with Gasteiger partial charge in [-0.3, -0.25) is 16.0 Å². The first-order valence-corrected chi connectivity index (χ1v) is 5.70. The van der Waals surface area contributed by atoms with Gasteiger partial charge in [0.05, 0.1) is 12.2 Å². The molecular weight excluding hydrogens is 252 g/mol. The van der Waals surface area contributed by atoms with Gasteiger partial charge in [0.25, 0.3) is 0 Å². The molecule has 5 N–H and O–H groups in total. The van der Waals surface area contributed by atoms with Gasteiger partial charge in [0.2, 0.25) is 0 Å². The molecule has 1 unspecified atom stereocenters. The van der Waals surface area contributed by atoms with E-state index in [1.165, 1.54) is 16.8 Å². The summed E-state index contributed by atoms with van der Waals surface area (Å²) in [5.41, 5.74) is 9.44. The molecule has 0 radical (unpaired) electrons. The van der Waals surface area contributed by atoms with Gasteiger partial charge >= 0.3 is 0 Å². The van der Waals surface area contributed by atoms with E-state index >= 15 is 0 Å². The fraction of sp³-hybridized carbons (Fsp3) is 0.250. The summed E-state index contributed by atoms with van der Waals surface area (Å²) in [7, 11) is 1.70. The lowest BCUT2D eigenvalue weighted by Crippen LogP contribution is -2.30. The van der Waals surface area contributed by atoms with Crippen LogP contribution in [0.1, 0.15) is 17.2 Å². The highest BCUT2D eigenvalue weighted by molar-refractivity contribution is 5.41. The Kier molecular flexibility index (Phi) is 3.77. The number of hydrogen-bond acceptors (Lipinski definition) is 4.